The van der Waals surface area contributed by atoms with Gasteiger partial charge < -0.3 is 14.6 Å². The second-order valence-electron chi connectivity index (χ2n) is 4.46. The molecule has 0 radical (unpaired) electrons. The Labute approximate surface area is 115 Å². The number of likely N-dealkylation sites (N-methyl/N-ethyl adjacent to an activating group) is 1. The number of amides is 2. The summed E-state index contributed by atoms with van der Waals surface area (Å²) in [5.41, 5.74) is -0.424. The second-order valence-corrected chi connectivity index (χ2v) is 4.46. The molecule has 0 spiro atoms. The first kappa shape index (κ1) is 13.8. The molecule has 0 saturated heterocycles. The third-order valence-electron chi connectivity index (χ3n) is 2.79. The highest BCUT2D eigenvalue weighted by Crippen LogP contribution is 2.12. The smallest absolute Gasteiger partial charge is 0.349 e. The first-order chi connectivity index (χ1) is 9.49. The molecule has 6 nitrogen and oxygen atoms in total. The Kier molecular flexibility index (Phi) is 3.84. The summed E-state index contributed by atoms with van der Waals surface area (Å²) >= 11 is 0. The van der Waals surface area contributed by atoms with E-state index in [9.17, 15) is 14.4 Å². The van der Waals surface area contributed by atoms with Crippen LogP contribution in [0, 0.1) is 0 Å². The van der Waals surface area contributed by atoms with E-state index in [-0.39, 0.29) is 18.0 Å². The molecule has 20 heavy (non-hydrogen) atoms. The normalized spacial score (nSPS) is 10.3. The van der Waals surface area contributed by atoms with Gasteiger partial charge in [-0.05, 0) is 12.1 Å². The molecule has 1 heterocycles. The quantitative estimate of drug-likeness (QED) is 0.832. The summed E-state index contributed by atoms with van der Waals surface area (Å²) in [6.07, 6.45) is 0. The summed E-state index contributed by atoms with van der Waals surface area (Å²) in [5, 5.41) is 3.04. The fraction of sp³-hybridized carbons (Fsp3) is 0.214. The van der Waals surface area contributed by atoms with E-state index in [1.54, 1.807) is 38.4 Å². The first-order valence-electron chi connectivity index (χ1n) is 6.00. The number of nitrogens with zero attached hydrogens (tertiary/aromatic N) is 1. The van der Waals surface area contributed by atoms with Crippen molar-refractivity contribution in [2.45, 2.75) is 0 Å². The van der Waals surface area contributed by atoms with Gasteiger partial charge in [0.15, 0.2) is 0 Å². The van der Waals surface area contributed by atoms with E-state index in [1.807, 2.05) is 0 Å². The van der Waals surface area contributed by atoms with Crippen LogP contribution in [0.1, 0.15) is 10.4 Å². The molecule has 0 atom stereocenters. The SMILES string of the molecule is CN(C)C(=O)CNC(=O)c1cc2ccccc2oc1=O. The lowest BCUT2D eigenvalue weighted by Gasteiger charge is -2.10. The average molecular weight is 274 g/mol. The van der Waals surface area contributed by atoms with Crippen LogP contribution in [0.4, 0.5) is 0 Å². The molecule has 2 rings (SSSR count). The van der Waals surface area contributed by atoms with Crippen molar-refractivity contribution in [1.29, 1.82) is 0 Å². The predicted molar refractivity (Wildman–Crippen MR) is 73.5 cm³/mol. The topological polar surface area (TPSA) is 79.6 Å². The number of nitrogens with one attached hydrogen (secondary N) is 1. The number of hydrogen-bond donors (Lipinski definition) is 1. The average Bonchev–Trinajstić information content (AvgIpc) is 2.43. The number of para-hydroxylation sites is 1. The highest BCUT2D eigenvalue weighted by Gasteiger charge is 2.14. The van der Waals surface area contributed by atoms with Crippen LogP contribution in [-0.4, -0.2) is 37.4 Å². The van der Waals surface area contributed by atoms with Crippen molar-refractivity contribution in [3.63, 3.8) is 0 Å². The van der Waals surface area contributed by atoms with Crippen LogP contribution in [-0.2, 0) is 4.79 Å². The predicted octanol–water partition coefficient (Wildman–Crippen LogP) is 0.611. The number of rotatable bonds is 3. The molecule has 0 saturated carbocycles. The first-order valence-corrected chi connectivity index (χ1v) is 6.00. The van der Waals surface area contributed by atoms with Gasteiger partial charge in [-0.15, -0.1) is 0 Å². The Balaban J connectivity index is 2.24. The van der Waals surface area contributed by atoms with E-state index in [4.69, 9.17) is 4.42 Å². The lowest BCUT2D eigenvalue weighted by molar-refractivity contribution is -0.127. The summed E-state index contributed by atoms with van der Waals surface area (Å²) in [6, 6.07) is 8.35. The monoisotopic (exact) mass is 274 g/mol. The maximum absolute atomic E-state index is 11.9. The minimum atomic E-state index is -0.724. The molecular formula is C14H14N2O4. The summed E-state index contributed by atoms with van der Waals surface area (Å²) < 4.78 is 5.06. The van der Waals surface area contributed by atoms with E-state index >= 15 is 0 Å². The van der Waals surface area contributed by atoms with Gasteiger partial charge in [0.05, 0.1) is 6.54 Å². The maximum Gasteiger partial charge on any atom is 0.349 e. The zero-order valence-electron chi connectivity index (χ0n) is 11.2. The number of carbonyl (C=O) groups is 2. The van der Waals surface area contributed by atoms with Crippen molar-refractivity contribution in [2.24, 2.45) is 0 Å². The molecule has 2 aromatic rings. The Morgan fingerprint density at radius 1 is 1.25 bits per heavy atom. The summed E-state index contributed by atoms with van der Waals surface area (Å²) in [5.74, 6) is -0.886. The number of carbonyl (C=O) groups excluding carboxylic acids is 2. The number of fused-ring (bicyclic) bond motifs is 1. The van der Waals surface area contributed by atoms with Gasteiger partial charge >= 0.3 is 5.63 Å². The largest absolute Gasteiger partial charge is 0.422 e. The molecule has 0 aliphatic rings. The summed E-state index contributed by atoms with van der Waals surface area (Å²) in [4.78, 5) is 36.4. The third-order valence-corrected chi connectivity index (χ3v) is 2.79. The molecule has 0 aliphatic carbocycles. The van der Waals surface area contributed by atoms with Crippen LogP contribution in [0.2, 0.25) is 0 Å². The maximum atomic E-state index is 11.9. The van der Waals surface area contributed by atoms with Crippen LogP contribution < -0.4 is 10.9 Å². The zero-order valence-corrected chi connectivity index (χ0v) is 11.2. The van der Waals surface area contributed by atoms with Gasteiger partial charge in [-0.25, -0.2) is 4.79 Å². The van der Waals surface area contributed by atoms with Gasteiger partial charge in [-0.1, -0.05) is 18.2 Å². The van der Waals surface area contributed by atoms with Crippen LogP contribution in [0.3, 0.4) is 0 Å². The van der Waals surface area contributed by atoms with Crippen LogP contribution in [0.5, 0.6) is 0 Å². The molecule has 2 amide bonds. The van der Waals surface area contributed by atoms with Gasteiger partial charge in [-0.3, -0.25) is 9.59 Å². The Morgan fingerprint density at radius 3 is 2.65 bits per heavy atom. The highest BCUT2D eigenvalue weighted by molar-refractivity contribution is 5.98. The molecule has 6 heteroatoms. The summed E-state index contributed by atoms with van der Waals surface area (Å²) in [7, 11) is 3.16. The lowest BCUT2D eigenvalue weighted by Crippen LogP contribution is -2.37. The molecule has 0 unspecified atom stereocenters. The van der Waals surface area contributed by atoms with Crippen LogP contribution in [0.25, 0.3) is 11.0 Å². The van der Waals surface area contributed by atoms with Crippen molar-refractivity contribution in [1.82, 2.24) is 10.2 Å². The molecule has 104 valence electrons. The Bertz CT molecular complexity index is 718. The highest BCUT2D eigenvalue weighted by atomic mass is 16.4. The molecular weight excluding hydrogens is 260 g/mol. The van der Waals surface area contributed by atoms with Crippen LogP contribution >= 0.6 is 0 Å². The molecule has 1 aromatic heterocycles. The fourth-order valence-electron chi connectivity index (χ4n) is 1.63. The lowest BCUT2D eigenvalue weighted by atomic mass is 10.2. The molecule has 0 aliphatic heterocycles. The van der Waals surface area contributed by atoms with Gasteiger partial charge in [0.1, 0.15) is 11.1 Å². The Hall–Kier alpha value is -2.63. The minimum absolute atomic E-state index is 0.116. The van der Waals surface area contributed by atoms with Crippen molar-refractivity contribution < 1.29 is 14.0 Å². The van der Waals surface area contributed by atoms with E-state index in [0.29, 0.717) is 11.0 Å². The third kappa shape index (κ3) is 2.85. The van der Waals surface area contributed by atoms with E-state index in [0.717, 1.165) is 0 Å². The summed E-state index contributed by atoms with van der Waals surface area (Å²) in [6.45, 7) is -0.169. The van der Waals surface area contributed by atoms with E-state index in [1.165, 1.54) is 11.0 Å². The van der Waals surface area contributed by atoms with E-state index in [2.05, 4.69) is 5.32 Å². The Morgan fingerprint density at radius 2 is 1.95 bits per heavy atom. The van der Waals surface area contributed by atoms with Gasteiger partial charge in [0.2, 0.25) is 5.91 Å². The van der Waals surface area contributed by atoms with Crippen molar-refractivity contribution >= 4 is 22.8 Å². The van der Waals surface area contributed by atoms with Gasteiger partial charge in [0.25, 0.3) is 5.91 Å². The zero-order chi connectivity index (χ0) is 14.7. The second kappa shape index (κ2) is 5.56. The molecule has 0 fully saturated rings. The molecule has 1 N–H and O–H groups in total. The minimum Gasteiger partial charge on any atom is -0.422 e. The van der Waals surface area contributed by atoms with E-state index < -0.39 is 11.5 Å². The standard InChI is InChI=1S/C14H14N2O4/c1-16(2)12(17)8-15-13(18)10-7-9-5-3-4-6-11(9)20-14(10)19/h3-7H,8H2,1-2H3,(H,15,18). The van der Waals surface area contributed by atoms with Crippen molar-refractivity contribution in [3.05, 3.63) is 46.3 Å². The van der Waals surface area contributed by atoms with Crippen molar-refractivity contribution in [2.75, 3.05) is 20.6 Å². The molecule has 1 aromatic carbocycles. The molecule has 0 bridgehead atoms. The van der Waals surface area contributed by atoms with Gasteiger partial charge in [-0.2, -0.15) is 0 Å². The van der Waals surface area contributed by atoms with Crippen molar-refractivity contribution in [3.8, 4) is 0 Å². The number of benzene rings is 1. The van der Waals surface area contributed by atoms with Crippen LogP contribution in [0.15, 0.2) is 39.5 Å². The van der Waals surface area contributed by atoms with Gasteiger partial charge in [0, 0.05) is 19.5 Å². The number of hydrogen-bond acceptors (Lipinski definition) is 4. The fourth-order valence-corrected chi connectivity index (χ4v) is 1.63.